The van der Waals surface area contributed by atoms with Crippen molar-refractivity contribution in [2.24, 2.45) is 13.0 Å². The predicted molar refractivity (Wildman–Crippen MR) is 233 cm³/mol. The van der Waals surface area contributed by atoms with Crippen molar-refractivity contribution in [3.63, 3.8) is 0 Å². The minimum atomic E-state index is -2.87. The second kappa shape index (κ2) is 16.4. The molecular formula is C45H54F2N12O6. The number of ether oxygens (including phenoxy) is 1. The summed E-state index contributed by atoms with van der Waals surface area (Å²) in [5.41, 5.74) is 1.35. The molecule has 2 unspecified atom stereocenters. The van der Waals surface area contributed by atoms with Gasteiger partial charge < -0.3 is 25.0 Å². The lowest BCUT2D eigenvalue weighted by molar-refractivity contribution is -0.135. The largest absolute Gasteiger partial charge is 0.389 e. The first-order chi connectivity index (χ1) is 31.4. The molecule has 344 valence electrons. The zero-order valence-electron chi connectivity index (χ0n) is 36.3. The zero-order valence-corrected chi connectivity index (χ0v) is 36.3. The standard InChI is InChI=1S/C45H54F2N12O6/c1-53-39-31(3-2-4-34(39)59(44(53)63)35-9-10-37(60)51-43(35)62)27-18-45(64,19-27)25-55-15-13-54(14-16-55)21-26-5-7-28(8-6-26)58-23-33(38(52-58)40(46)47)49-42(61)32-20-48-57-12-11-36(50-41(32)57)56-22-30-17-29(56)24-65-30/h2-4,11-12,20,23,26-30,35,40,64H,5-10,13-19,21-22,24-25H2,1H3,(H,49,61)(H,51,60,62)/t26-,27-,28-,29?,30-,35?,45+/m1/s1. The number of anilines is 2. The molecule has 65 heavy (non-hydrogen) atoms. The number of fused-ring (bicyclic) bond motifs is 4. The maximum Gasteiger partial charge on any atom is 0.329 e. The average Bonchev–Trinajstić information content (AvgIpc) is 4.14. The Balaban J connectivity index is 0.661. The topological polar surface area (TPSA) is 189 Å². The van der Waals surface area contributed by atoms with E-state index >= 15 is 0 Å². The summed E-state index contributed by atoms with van der Waals surface area (Å²) < 4.78 is 40.6. The van der Waals surface area contributed by atoms with Gasteiger partial charge in [-0.1, -0.05) is 12.1 Å². The van der Waals surface area contributed by atoms with Crippen LogP contribution in [0.25, 0.3) is 16.7 Å². The van der Waals surface area contributed by atoms with Crippen LogP contribution in [-0.2, 0) is 21.4 Å². The molecular weight excluding hydrogens is 843 g/mol. The van der Waals surface area contributed by atoms with Crippen LogP contribution in [0, 0.1) is 5.92 Å². The summed E-state index contributed by atoms with van der Waals surface area (Å²) in [4.78, 5) is 63.3. The lowest BCUT2D eigenvalue weighted by atomic mass is 9.67. The first-order valence-electron chi connectivity index (χ1n) is 23.0. The number of carbonyl (C=O) groups excluding carboxylic acids is 3. The van der Waals surface area contributed by atoms with E-state index in [1.807, 2.05) is 24.3 Å². The molecule has 3 N–H and O–H groups in total. The molecule has 18 nitrogen and oxygen atoms in total. The molecule has 6 aliphatic rings. The van der Waals surface area contributed by atoms with Gasteiger partial charge in [-0.25, -0.2) is 23.1 Å². The number of rotatable bonds is 11. The number of β-amino-alcohol motifs (C(OH)–C–C–N with tert-alkyl or cyclic N) is 1. The minimum Gasteiger partial charge on any atom is -0.389 e. The van der Waals surface area contributed by atoms with Crippen molar-refractivity contribution in [1.82, 2.24) is 48.6 Å². The van der Waals surface area contributed by atoms with E-state index in [4.69, 9.17) is 9.72 Å². The van der Waals surface area contributed by atoms with E-state index in [-0.39, 0.29) is 59.8 Å². The number of piperidine rings is 1. The van der Waals surface area contributed by atoms with Gasteiger partial charge in [0.2, 0.25) is 11.8 Å². The Labute approximate surface area is 372 Å². The number of alkyl halides is 2. The lowest BCUT2D eigenvalue weighted by Gasteiger charge is -2.48. The summed E-state index contributed by atoms with van der Waals surface area (Å²) >= 11 is 0. The van der Waals surface area contributed by atoms with E-state index in [0.29, 0.717) is 43.1 Å². The summed E-state index contributed by atoms with van der Waals surface area (Å²) in [5.74, 6) is -0.0949. The Morgan fingerprint density at radius 2 is 1.82 bits per heavy atom. The highest BCUT2D eigenvalue weighted by atomic mass is 19.3. The summed E-state index contributed by atoms with van der Waals surface area (Å²) in [7, 11) is 1.71. The number of aliphatic hydroxyl groups is 1. The van der Waals surface area contributed by atoms with Crippen LogP contribution in [0.2, 0.25) is 0 Å². The van der Waals surface area contributed by atoms with Crippen molar-refractivity contribution in [1.29, 1.82) is 0 Å². The molecule has 5 aromatic rings. The van der Waals surface area contributed by atoms with Crippen molar-refractivity contribution >= 4 is 45.9 Å². The van der Waals surface area contributed by atoms with Crippen molar-refractivity contribution < 1.29 is 33.0 Å². The Morgan fingerprint density at radius 1 is 1.03 bits per heavy atom. The molecule has 1 aromatic carbocycles. The third-order valence-electron chi connectivity index (χ3n) is 15.0. The van der Waals surface area contributed by atoms with E-state index < -0.39 is 35.6 Å². The fourth-order valence-electron chi connectivity index (χ4n) is 11.6. The predicted octanol–water partition coefficient (Wildman–Crippen LogP) is 3.38. The molecule has 0 radical (unpaired) electrons. The number of nitrogens with one attached hydrogen (secondary N) is 2. The third kappa shape index (κ3) is 7.70. The van der Waals surface area contributed by atoms with Crippen LogP contribution in [0.3, 0.4) is 0 Å². The highest BCUT2D eigenvalue weighted by Gasteiger charge is 2.46. The molecule has 4 aliphatic heterocycles. The van der Waals surface area contributed by atoms with Gasteiger partial charge in [0.25, 0.3) is 12.3 Å². The number of imide groups is 1. The number of para-hydroxylation sites is 1. The first kappa shape index (κ1) is 42.1. The van der Waals surface area contributed by atoms with E-state index in [1.165, 1.54) is 21.5 Å². The minimum absolute atomic E-state index is 0.0115. The molecule has 2 bridgehead atoms. The number of hydrogen-bond acceptors (Lipinski definition) is 12. The van der Waals surface area contributed by atoms with Crippen LogP contribution in [0.4, 0.5) is 20.3 Å². The number of amides is 3. The molecule has 3 amide bonds. The van der Waals surface area contributed by atoms with E-state index in [9.17, 15) is 33.1 Å². The number of halogens is 2. The number of benzene rings is 1. The molecule has 8 heterocycles. The van der Waals surface area contributed by atoms with Crippen molar-refractivity contribution in [2.45, 2.75) is 100.0 Å². The zero-order chi connectivity index (χ0) is 44.7. The van der Waals surface area contributed by atoms with Crippen LogP contribution in [0.5, 0.6) is 0 Å². The number of hydrogen-bond donors (Lipinski definition) is 3. The summed E-state index contributed by atoms with van der Waals surface area (Å²) in [6, 6.07) is 7.05. The molecule has 2 aliphatic carbocycles. The number of aromatic nitrogens is 7. The molecule has 6 fully saturated rings. The number of imidazole rings is 1. The second-order valence-electron chi connectivity index (χ2n) is 19.2. The van der Waals surface area contributed by atoms with Gasteiger partial charge in [0, 0.05) is 71.7 Å². The van der Waals surface area contributed by atoms with Gasteiger partial charge in [0.1, 0.15) is 17.4 Å². The van der Waals surface area contributed by atoms with Gasteiger partial charge >= 0.3 is 5.69 Å². The van der Waals surface area contributed by atoms with E-state index in [1.54, 1.807) is 22.5 Å². The summed E-state index contributed by atoms with van der Waals surface area (Å²) in [6.45, 7) is 6.39. The highest BCUT2D eigenvalue weighted by Crippen LogP contribution is 2.47. The van der Waals surface area contributed by atoms with Crippen LogP contribution < -0.4 is 21.2 Å². The SMILES string of the molecule is Cn1c(=O)n(C2CCC(=O)NC2=O)c2cccc([C@H]3C[C@](O)(CN4CCN(C[C@H]5CC[C@H](n6cc(NC(=O)c7cnn8ccc(N9C[C@H]%10CC9CO%10)nc78)c(C(F)F)n6)CC5)CC4)C3)c21. The molecule has 4 aromatic heterocycles. The Morgan fingerprint density at radius 3 is 2.54 bits per heavy atom. The Bertz CT molecular complexity index is 2720. The number of piperazine rings is 1. The number of carbonyl (C=O) groups is 3. The lowest BCUT2D eigenvalue weighted by Crippen LogP contribution is -2.56. The van der Waals surface area contributed by atoms with Gasteiger partial charge in [-0.05, 0) is 80.9 Å². The normalized spacial score (nSPS) is 28.7. The molecule has 0 spiro atoms. The van der Waals surface area contributed by atoms with Gasteiger partial charge in [0.05, 0.1) is 53.3 Å². The maximum absolute atomic E-state index is 14.3. The van der Waals surface area contributed by atoms with Crippen molar-refractivity contribution in [3.8, 4) is 0 Å². The summed E-state index contributed by atoms with van der Waals surface area (Å²) in [6.07, 6.45) is 8.03. The average molecular weight is 897 g/mol. The van der Waals surface area contributed by atoms with E-state index in [0.717, 1.165) is 88.3 Å². The monoisotopic (exact) mass is 896 g/mol. The molecule has 4 saturated heterocycles. The molecule has 3 atom stereocenters. The fourth-order valence-corrected chi connectivity index (χ4v) is 11.6. The highest BCUT2D eigenvalue weighted by molar-refractivity contribution is 6.08. The third-order valence-corrected chi connectivity index (χ3v) is 15.0. The van der Waals surface area contributed by atoms with Gasteiger partial charge in [-0.15, -0.1) is 0 Å². The van der Waals surface area contributed by atoms with Crippen LogP contribution in [0.15, 0.2) is 47.7 Å². The Kier molecular flexibility index (Phi) is 10.6. The quantitative estimate of drug-likeness (QED) is 0.164. The first-order valence-corrected chi connectivity index (χ1v) is 23.0. The van der Waals surface area contributed by atoms with Gasteiger partial charge in [0.15, 0.2) is 11.3 Å². The van der Waals surface area contributed by atoms with Crippen LogP contribution in [0.1, 0.15) is 104 Å². The molecule has 11 rings (SSSR count). The van der Waals surface area contributed by atoms with Crippen molar-refractivity contribution in [2.75, 3.05) is 62.6 Å². The summed E-state index contributed by atoms with van der Waals surface area (Å²) in [5, 5.41) is 25.3. The van der Waals surface area contributed by atoms with Gasteiger partial charge in [-0.2, -0.15) is 10.2 Å². The smallest absolute Gasteiger partial charge is 0.329 e. The molecule has 2 saturated carbocycles. The number of aryl methyl sites for hydroxylation is 1. The van der Waals surface area contributed by atoms with Gasteiger partial charge in [-0.3, -0.25) is 38.4 Å². The maximum atomic E-state index is 14.3. The van der Waals surface area contributed by atoms with Crippen LogP contribution in [-0.4, -0.2) is 136 Å². The van der Waals surface area contributed by atoms with E-state index in [2.05, 4.69) is 35.5 Å². The van der Waals surface area contributed by atoms with Crippen LogP contribution >= 0.6 is 0 Å². The number of morpholine rings is 1. The Hall–Kier alpha value is -5.57. The second-order valence-corrected chi connectivity index (χ2v) is 19.2. The fraction of sp³-hybridized carbons (Fsp3) is 0.578. The number of nitrogens with zero attached hydrogens (tertiary/aromatic N) is 10. The van der Waals surface area contributed by atoms with Crippen molar-refractivity contribution in [3.05, 3.63) is 70.2 Å². The molecule has 20 heteroatoms.